The first-order chi connectivity index (χ1) is 9.84. The highest BCUT2D eigenvalue weighted by Crippen LogP contribution is 2.40. The Morgan fingerprint density at radius 1 is 1.00 bits per heavy atom. The monoisotopic (exact) mass is 273 g/mol. The molecule has 0 spiro atoms. The van der Waals surface area contributed by atoms with E-state index in [1.165, 1.54) is 63.5 Å². The maximum Gasteiger partial charge on any atom is 0.182 e. The zero-order valence-electron chi connectivity index (χ0n) is 11.9. The first-order valence-corrected chi connectivity index (χ1v) is 8.06. The van der Waals surface area contributed by atoms with Gasteiger partial charge in [-0.25, -0.2) is 4.68 Å². The van der Waals surface area contributed by atoms with Crippen LogP contribution in [0.3, 0.4) is 0 Å². The molecule has 5 nitrogen and oxygen atoms in total. The Bertz CT molecular complexity index is 599. The SMILES string of the molecule is Nc1[nH]nc2c1c(C1CCCC1)nn2C1CCCCC1. The molecule has 3 N–H and O–H groups in total. The van der Waals surface area contributed by atoms with E-state index in [0.717, 1.165) is 11.0 Å². The summed E-state index contributed by atoms with van der Waals surface area (Å²) in [5.41, 5.74) is 8.30. The van der Waals surface area contributed by atoms with Crippen LogP contribution in [0.25, 0.3) is 11.0 Å². The number of rotatable bonds is 2. The molecule has 4 rings (SSSR count). The molecule has 2 aliphatic carbocycles. The second-order valence-corrected chi connectivity index (χ2v) is 6.44. The molecule has 2 saturated carbocycles. The van der Waals surface area contributed by atoms with Crippen molar-refractivity contribution >= 4 is 16.9 Å². The highest BCUT2D eigenvalue weighted by molar-refractivity contribution is 5.89. The lowest BCUT2D eigenvalue weighted by molar-refractivity contribution is 0.333. The van der Waals surface area contributed by atoms with Crippen LogP contribution in [0.5, 0.6) is 0 Å². The second kappa shape index (κ2) is 4.79. The van der Waals surface area contributed by atoms with E-state index < -0.39 is 0 Å². The lowest BCUT2D eigenvalue weighted by atomic mass is 9.96. The smallest absolute Gasteiger partial charge is 0.182 e. The summed E-state index contributed by atoms with van der Waals surface area (Å²) in [7, 11) is 0. The van der Waals surface area contributed by atoms with Crippen LogP contribution in [-0.4, -0.2) is 20.0 Å². The van der Waals surface area contributed by atoms with E-state index >= 15 is 0 Å². The van der Waals surface area contributed by atoms with Crippen molar-refractivity contribution in [2.75, 3.05) is 5.73 Å². The van der Waals surface area contributed by atoms with E-state index in [9.17, 15) is 0 Å². The minimum Gasteiger partial charge on any atom is -0.383 e. The standard InChI is InChI=1S/C15H23N5/c16-14-12-13(10-6-4-5-7-10)19-20(15(12)18-17-14)11-8-2-1-3-9-11/h10-11H,1-9H2,(H3,16,17,18). The van der Waals surface area contributed by atoms with Crippen molar-refractivity contribution in [2.24, 2.45) is 0 Å². The number of nitrogen functional groups attached to an aromatic ring is 1. The number of aromatic nitrogens is 4. The van der Waals surface area contributed by atoms with E-state index in [-0.39, 0.29) is 0 Å². The number of H-pyrrole nitrogens is 1. The summed E-state index contributed by atoms with van der Waals surface area (Å²) < 4.78 is 2.18. The Hall–Kier alpha value is -1.52. The van der Waals surface area contributed by atoms with Gasteiger partial charge in [-0.05, 0) is 25.7 Å². The van der Waals surface area contributed by atoms with Gasteiger partial charge in [0.05, 0.1) is 17.1 Å². The quantitative estimate of drug-likeness (QED) is 0.879. The van der Waals surface area contributed by atoms with Crippen LogP contribution < -0.4 is 5.73 Å². The maximum atomic E-state index is 6.12. The van der Waals surface area contributed by atoms with Gasteiger partial charge in [0.2, 0.25) is 0 Å². The molecule has 108 valence electrons. The van der Waals surface area contributed by atoms with Gasteiger partial charge in [0, 0.05) is 5.92 Å². The van der Waals surface area contributed by atoms with Gasteiger partial charge in [-0.1, -0.05) is 32.1 Å². The number of aromatic amines is 1. The topological polar surface area (TPSA) is 72.5 Å². The van der Waals surface area contributed by atoms with Crippen molar-refractivity contribution in [3.05, 3.63) is 5.69 Å². The summed E-state index contributed by atoms with van der Waals surface area (Å²) in [6.07, 6.45) is 11.6. The van der Waals surface area contributed by atoms with E-state index in [2.05, 4.69) is 14.9 Å². The van der Waals surface area contributed by atoms with Crippen molar-refractivity contribution in [2.45, 2.75) is 69.7 Å². The molecule has 20 heavy (non-hydrogen) atoms. The van der Waals surface area contributed by atoms with Crippen LogP contribution in [-0.2, 0) is 0 Å². The van der Waals surface area contributed by atoms with Gasteiger partial charge in [0.15, 0.2) is 5.65 Å². The molecule has 0 amide bonds. The number of nitrogens with zero attached hydrogens (tertiary/aromatic N) is 3. The summed E-state index contributed by atoms with van der Waals surface area (Å²) in [6, 6.07) is 0.518. The fourth-order valence-electron chi connectivity index (χ4n) is 4.04. The predicted octanol–water partition coefficient (Wildman–Crippen LogP) is 3.50. The van der Waals surface area contributed by atoms with Gasteiger partial charge in [0.1, 0.15) is 5.82 Å². The van der Waals surface area contributed by atoms with Crippen molar-refractivity contribution in [1.82, 2.24) is 20.0 Å². The molecule has 0 saturated heterocycles. The van der Waals surface area contributed by atoms with E-state index in [1.54, 1.807) is 0 Å². The van der Waals surface area contributed by atoms with Gasteiger partial charge in [-0.2, -0.15) is 10.2 Å². The van der Waals surface area contributed by atoms with Gasteiger partial charge in [0.25, 0.3) is 0 Å². The van der Waals surface area contributed by atoms with Crippen LogP contribution in [0.1, 0.15) is 75.4 Å². The highest BCUT2D eigenvalue weighted by Gasteiger charge is 2.28. The molecule has 2 heterocycles. The molecular formula is C15H23N5. The van der Waals surface area contributed by atoms with E-state index in [4.69, 9.17) is 10.8 Å². The van der Waals surface area contributed by atoms with Crippen LogP contribution in [0.15, 0.2) is 0 Å². The molecule has 2 aliphatic rings. The number of fused-ring (bicyclic) bond motifs is 1. The average Bonchev–Trinajstić information content (AvgIpc) is 3.18. The molecule has 2 fully saturated rings. The Morgan fingerprint density at radius 3 is 2.45 bits per heavy atom. The molecule has 0 bridgehead atoms. The Labute approximate surface area is 118 Å². The third kappa shape index (κ3) is 1.83. The van der Waals surface area contributed by atoms with Crippen LogP contribution >= 0.6 is 0 Å². The molecule has 2 aromatic heterocycles. The summed E-state index contributed by atoms with van der Waals surface area (Å²) in [4.78, 5) is 0. The third-order valence-corrected chi connectivity index (χ3v) is 5.13. The van der Waals surface area contributed by atoms with Gasteiger partial charge in [-0.15, -0.1) is 0 Å². The third-order valence-electron chi connectivity index (χ3n) is 5.13. The first-order valence-electron chi connectivity index (χ1n) is 8.06. The zero-order valence-corrected chi connectivity index (χ0v) is 11.9. The fraction of sp³-hybridized carbons (Fsp3) is 0.733. The molecule has 0 atom stereocenters. The molecule has 2 aromatic rings. The normalized spacial score (nSPS) is 22.0. The van der Waals surface area contributed by atoms with Crippen molar-refractivity contribution in [3.8, 4) is 0 Å². The Kier molecular flexibility index (Phi) is 2.93. The Morgan fingerprint density at radius 2 is 1.70 bits per heavy atom. The highest BCUT2D eigenvalue weighted by atomic mass is 15.4. The summed E-state index contributed by atoms with van der Waals surface area (Å²) in [5.74, 6) is 1.28. The number of anilines is 1. The second-order valence-electron chi connectivity index (χ2n) is 6.44. The lowest BCUT2D eigenvalue weighted by Crippen LogP contribution is -2.15. The number of hydrogen-bond donors (Lipinski definition) is 2. The van der Waals surface area contributed by atoms with E-state index in [0.29, 0.717) is 17.8 Å². The molecule has 0 aromatic carbocycles. The fourth-order valence-corrected chi connectivity index (χ4v) is 4.04. The number of nitrogens with one attached hydrogen (secondary N) is 1. The lowest BCUT2D eigenvalue weighted by Gasteiger charge is -2.22. The van der Waals surface area contributed by atoms with Crippen molar-refractivity contribution < 1.29 is 0 Å². The number of hydrogen-bond acceptors (Lipinski definition) is 3. The maximum absolute atomic E-state index is 6.12. The largest absolute Gasteiger partial charge is 0.383 e. The number of nitrogens with two attached hydrogens (primary N) is 1. The first kappa shape index (κ1) is 12.2. The predicted molar refractivity (Wildman–Crippen MR) is 79.6 cm³/mol. The van der Waals surface area contributed by atoms with Crippen LogP contribution in [0.4, 0.5) is 5.82 Å². The molecule has 0 aliphatic heterocycles. The molecule has 0 radical (unpaired) electrons. The minimum absolute atomic E-state index is 0.518. The van der Waals surface area contributed by atoms with Gasteiger partial charge in [-0.3, -0.25) is 5.10 Å². The van der Waals surface area contributed by atoms with Crippen molar-refractivity contribution in [3.63, 3.8) is 0 Å². The molecule has 5 heteroatoms. The minimum atomic E-state index is 0.518. The summed E-state index contributed by atoms with van der Waals surface area (Å²) in [5, 5.41) is 13.5. The Balaban J connectivity index is 1.80. The molecule has 0 unspecified atom stereocenters. The van der Waals surface area contributed by atoms with Gasteiger partial charge >= 0.3 is 0 Å². The molecular weight excluding hydrogens is 250 g/mol. The average molecular weight is 273 g/mol. The van der Waals surface area contributed by atoms with Crippen LogP contribution in [0.2, 0.25) is 0 Å². The summed E-state index contributed by atoms with van der Waals surface area (Å²) >= 11 is 0. The summed E-state index contributed by atoms with van der Waals surface area (Å²) in [6.45, 7) is 0. The zero-order chi connectivity index (χ0) is 13.5. The van der Waals surface area contributed by atoms with Crippen LogP contribution in [0, 0.1) is 0 Å². The van der Waals surface area contributed by atoms with Gasteiger partial charge < -0.3 is 5.73 Å². The van der Waals surface area contributed by atoms with E-state index in [1.807, 2.05) is 0 Å². The van der Waals surface area contributed by atoms with Crippen molar-refractivity contribution in [1.29, 1.82) is 0 Å².